The van der Waals surface area contributed by atoms with E-state index in [1.165, 1.54) is 17.5 Å². The van der Waals surface area contributed by atoms with E-state index in [1.807, 2.05) is 76.7 Å². The Morgan fingerprint density at radius 1 is 0.903 bits per heavy atom. The second kappa shape index (κ2) is 8.01. The minimum atomic E-state index is -0.164. The van der Waals surface area contributed by atoms with Gasteiger partial charge in [0.25, 0.3) is 0 Å². The van der Waals surface area contributed by atoms with E-state index in [9.17, 15) is 9.59 Å². The molecule has 0 atom stereocenters. The van der Waals surface area contributed by atoms with Crippen LogP contribution in [0.2, 0.25) is 0 Å². The number of fused-ring (bicyclic) bond motifs is 1. The van der Waals surface area contributed by atoms with Gasteiger partial charge in [0.2, 0.25) is 5.78 Å². The molecule has 0 aliphatic heterocycles. The predicted octanol–water partition coefficient (Wildman–Crippen LogP) is 5.42. The first kappa shape index (κ1) is 19.0. The van der Waals surface area contributed by atoms with Gasteiger partial charge in [0, 0.05) is 23.6 Å². The number of hydrogen-bond acceptors (Lipinski definition) is 5. The zero-order chi connectivity index (χ0) is 21.2. The number of aromatic nitrogens is 2. The van der Waals surface area contributed by atoms with Gasteiger partial charge in [-0.05, 0) is 41.8 Å². The molecule has 150 valence electrons. The van der Waals surface area contributed by atoms with Crippen molar-refractivity contribution in [3.05, 3.63) is 117 Å². The maximum atomic E-state index is 12.9. The molecule has 5 nitrogen and oxygen atoms in total. The Balaban J connectivity index is 1.76. The molecule has 5 aromatic rings. The average Bonchev–Trinajstić information content (AvgIpc) is 3.35. The molecule has 0 saturated carbocycles. The Morgan fingerprint density at radius 2 is 1.65 bits per heavy atom. The highest BCUT2D eigenvalue weighted by atomic mass is 32.1. The molecule has 6 heteroatoms. The smallest absolute Gasteiger partial charge is 0.221 e. The molecule has 0 aliphatic carbocycles. The van der Waals surface area contributed by atoms with Gasteiger partial charge < -0.3 is 5.32 Å². The standard InChI is InChI=1S/C25H17N3O2S/c29-22-15-24(27-17-8-3-1-4-9-17)28(18-10-5-2-6-11-18)21-14-20(26-16-19(21)22)25(30)23-12-7-13-31-23/h1-16,27H. The van der Waals surface area contributed by atoms with Crippen molar-refractivity contribution in [3.63, 3.8) is 0 Å². The molecule has 31 heavy (non-hydrogen) atoms. The lowest BCUT2D eigenvalue weighted by atomic mass is 10.1. The van der Waals surface area contributed by atoms with Crippen molar-refractivity contribution in [2.24, 2.45) is 0 Å². The van der Waals surface area contributed by atoms with E-state index in [1.54, 1.807) is 18.2 Å². The Bertz CT molecular complexity index is 1430. The number of benzene rings is 2. The first-order valence-corrected chi connectivity index (χ1v) is 10.6. The van der Waals surface area contributed by atoms with Gasteiger partial charge in [-0.2, -0.15) is 0 Å². The third kappa shape index (κ3) is 3.65. The monoisotopic (exact) mass is 423 g/mol. The summed E-state index contributed by atoms with van der Waals surface area (Å²) in [5.41, 5.74) is 2.48. The molecule has 0 radical (unpaired) electrons. The normalized spacial score (nSPS) is 10.8. The summed E-state index contributed by atoms with van der Waals surface area (Å²) in [6.07, 6.45) is 1.49. The fourth-order valence-electron chi connectivity index (χ4n) is 3.49. The Kier molecular flexibility index (Phi) is 4.90. The van der Waals surface area contributed by atoms with Crippen LogP contribution < -0.4 is 10.7 Å². The number of carbonyl (C=O) groups excluding carboxylic acids is 1. The van der Waals surface area contributed by atoms with Gasteiger partial charge in [-0.1, -0.05) is 42.5 Å². The lowest BCUT2D eigenvalue weighted by molar-refractivity contribution is 0.103. The van der Waals surface area contributed by atoms with Crippen LogP contribution in [0.25, 0.3) is 16.6 Å². The molecule has 0 amide bonds. The minimum absolute atomic E-state index is 0.162. The summed E-state index contributed by atoms with van der Waals surface area (Å²) in [4.78, 5) is 30.7. The molecule has 0 bridgehead atoms. The largest absolute Gasteiger partial charge is 0.341 e. The second-order valence-electron chi connectivity index (χ2n) is 6.95. The van der Waals surface area contributed by atoms with Gasteiger partial charge in [0.05, 0.1) is 15.8 Å². The van der Waals surface area contributed by atoms with Crippen molar-refractivity contribution in [3.8, 4) is 5.69 Å². The zero-order valence-electron chi connectivity index (χ0n) is 16.4. The summed E-state index contributed by atoms with van der Waals surface area (Å²) < 4.78 is 1.94. The zero-order valence-corrected chi connectivity index (χ0v) is 17.2. The first-order valence-electron chi connectivity index (χ1n) is 9.72. The van der Waals surface area contributed by atoms with E-state index in [0.29, 0.717) is 27.3 Å². The second-order valence-corrected chi connectivity index (χ2v) is 7.90. The van der Waals surface area contributed by atoms with Crippen molar-refractivity contribution >= 4 is 39.5 Å². The quantitative estimate of drug-likeness (QED) is 0.383. The van der Waals surface area contributed by atoms with E-state index in [4.69, 9.17) is 0 Å². The number of ketones is 1. The molecule has 0 aliphatic rings. The molecule has 3 aromatic heterocycles. The van der Waals surface area contributed by atoms with Crippen molar-refractivity contribution in [1.82, 2.24) is 9.55 Å². The van der Waals surface area contributed by atoms with Crippen molar-refractivity contribution in [2.45, 2.75) is 0 Å². The number of pyridine rings is 2. The topological polar surface area (TPSA) is 64.0 Å². The molecule has 0 unspecified atom stereocenters. The summed E-state index contributed by atoms with van der Waals surface area (Å²) in [5.74, 6) is 0.445. The molecule has 0 saturated heterocycles. The van der Waals surface area contributed by atoms with Crippen molar-refractivity contribution in [1.29, 1.82) is 0 Å². The number of nitrogens with zero attached hydrogens (tertiary/aromatic N) is 2. The van der Waals surface area contributed by atoms with Crippen LogP contribution in [-0.4, -0.2) is 15.3 Å². The number of carbonyl (C=O) groups is 1. The summed E-state index contributed by atoms with van der Waals surface area (Å²) in [6, 6.07) is 26.2. The van der Waals surface area contributed by atoms with E-state index in [-0.39, 0.29) is 11.2 Å². The van der Waals surface area contributed by atoms with Crippen LogP contribution >= 0.6 is 11.3 Å². The van der Waals surface area contributed by atoms with E-state index in [0.717, 1.165) is 11.4 Å². The van der Waals surface area contributed by atoms with Crippen LogP contribution in [-0.2, 0) is 0 Å². The van der Waals surface area contributed by atoms with Crippen molar-refractivity contribution in [2.75, 3.05) is 5.32 Å². The predicted molar refractivity (Wildman–Crippen MR) is 125 cm³/mol. The van der Waals surface area contributed by atoms with E-state index >= 15 is 0 Å². The van der Waals surface area contributed by atoms with E-state index < -0.39 is 0 Å². The molecule has 5 rings (SSSR count). The number of hydrogen-bond donors (Lipinski definition) is 1. The highest BCUT2D eigenvalue weighted by Crippen LogP contribution is 2.26. The third-order valence-corrected chi connectivity index (χ3v) is 5.80. The lowest BCUT2D eigenvalue weighted by Crippen LogP contribution is -2.14. The van der Waals surface area contributed by atoms with E-state index in [2.05, 4.69) is 10.3 Å². The number of rotatable bonds is 5. The van der Waals surface area contributed by atoms with Gasteiger partial charge in [-0.25, -0.2) is 0 Å². The highest BCUT2D eigenvalue weighted by Gasteiger charge is 2.17. The maximum absolute atomic E-state index is 12.9. The highest BCUT2D eigenvalue weighted by molar-refractivity contribution is 7.12. The SMILES string of the molecule is O=C(c1cc2c(cn1)c(=O)cc(Nc1ccccc1)n2-c1ccccc1)c1cccs1. The summed E-state index contributed by atoms with van der Waals surface area (Å²) in [7, 11) is 0. The summed E-state index contributed by atoms with van der Waals surface area (Å²) >= 11 is 1.37. The molecule has 1 N–H and O–H groups in total. The molecular formula is C25H17N3O2S. The number of nitrogens with one attached hydrogen (secondary N) is 1. The number of para-hydroxylation sites is 2. The first-order chi connectivity index (χ1) is 15.2. The Hall–Kier alpha value is -4.03. The minimum Gasteiger partial charge on any atom is -0.341 e. The molecule has 3 heterocycles. The molecule has 0 fully saturated rings. The fourth-order valence-corrected chi connectivity index (χ4v) is 4.16. The summed E-state index contributed by atoms with van der Waals surface area (Å²) in [5, 5.41) is 5.65. The fraction of sp³-hybridized carbons (Fsp3) is 0. The molecular weight excluding hydrogens is 406 g/mol. The van der Waals surface area contributed by atoms with Crippen LogP contribution in [0.4, 0.5) is 11.5 Å². The van der Waals surface area contributed by atoms with Gasteiger partial charge in [0.15, 0.2) is 5.43 Å². The van der Waals surface area contributed by atoms with Gasteiger partial charge in [0.1, 0.15) is 11.5 Å². The summed E-state index contributed by atoms with van der Waals surface area (Å²) in [6.45, 7) is 0. The van der Waals surface area contributed by atoms with Gasteiger partial charge >= 0.3 is 0 Å². The van der Waals surface area contributed by atoms with Crippen LogP contribution in [0.3, 0.4) is 0 Å². The maximum Gasteiger partial charge on any atom is 0.221 e. The Labute approximate surface area is 182 Å². The van der Waals surface area contributed by atoms with Crippen LogP contribution in [0.5, 0.6) is 0 Å². The van der Waals surface area contributed by atoms with Gasteiger partial charge in [-0.3, -0.25) is 19.1 Å². The average molecular weight is 423 g/mol. The molecule has 0 spiro atoms. The van der Waals surface area contributed by atoms with Crippen LogP contribution in [0.15, 0.2) is 101 Å². The lowest BCUT2D eigenvalue weighted by Gasteiger charge is -2.18. The molecule has 2 aromatic carbocycles. The van der Waals surface area contributed by atoms with Gasteiger partial charge in [-0.15, -0.1) is 11.3 Å². The van der Waals surface area contributed by atoms with Crippen molar-refractivity contribution < 1.29 is 4.79 Å². The third-order valence-electron chi connectivity index (χ3n) is 4.94. The Morgan fingerprint density at radius 3 is 2.35 bits per heavy atom. The number of anilines is 2. The number of thiophene rings is 1. The van der Waals surface area contributed by atoms with Crippen LogP contribution in [0, 0.1) is 0 Å². The van der Waals surface area contributed by atoms with Crippen LogP contribution in [0.1, 0.15) is 15.4 Å².